The van der Waals surface area contributed by atoms with E-state index in [2.05, 4.69) is 0 Å². The van der Waals surface area contributed by atoms with E-state index >= 15 is 0 Å². The summed E-state index contributed by atoms with van der Waals surface area (Å²) in [6, 6.07) is 6.57. The van der Waals surface area contributed by atoms with Gasteiger partial charge in [-0.3, -0.25) is 0 Å². The summed E-state index contributed by atoms with van der Waals surface area (Å²) in [6.45, 7) is 0.622. The molecule has 1 aromatic rings. The molecule has 1 aromatic carbocycles. The number of aryl methyl sites for hydroxylation is 1. The van der Waals surface area contributed by atoms with Gasteiger partial charge in [-0.25, -0.2) is 0 Å². The van der Waals surface area contributed by atoms with Crippen molar-refractivity contribution in [3.63, 3.8) is 0 Å². The summed E-state index contributed by atoms with van der Waals surface area (Å²) in [5.74, 6) is 0. The molecule has 0 aliphatic carbocycles. The van der Waals surface area contributed by atoms with Gasteiger partial charge >= 0.3 is 5.51 Å². The molecule has 0 heterocycles. The molecule has 0 aliphatic rings. The third-order valence-corrected chi connectivity index (χ3v) is 2.77. The summed E-state index contributed by atoms with van der Waals surface area (Å²) in [7, 11) is 0. The van der Waals surface area contributed by atoms with Crippen LogP contribution in [-0.2, 0) is 6.42 Å². The number of hydrogen-bond acceptors (Lipinski definition) is 2. The highest BCUT2D eigenvalue weighted by molar-refractivity contribution is 8.00. The third-order valence-electron chi connectivity index (χ3n) is 2.05. The molecular formula is C11H14F3NS. The van der Waals surface area contributed by atoms with E-state index in [1.165, 1.54) is 6.07 Å². The number of rotatable bonds is 5. The lowest BCUT2D eigenvalue weighted by atomic mass is 10.1. The van der Waals surface area contributed by atoms with E-state index in [0.717, 1.165) is 24.8 Å². The van der Waals surface area contributed by atoms with E-state index in [1.54, 1.807) is 12.1 Å². The SMILES string of the molecule is NCCCCc1cccc(SC(F)(F)F)c1. The summed E-state index contributed by atoms with van der Waals surface area (Å²) in [6.07, 6.45) is 2.59. The Morgan fingerprint density at radius 2 is 1.94 bits per heavy atom. The Morgan fingerprint density at radius 3 is 2.56 bits per heavy atom. The van der Waals surface area contributed by atoms with Crippen molar-refractivity contribution < 1.29 is 13.2 Å². The summed E-state index contributed by atoms with van der Waals surface area (Å²) in [5.41, 5.74) is 2.07. The van der Waals surface area contributed by atoms with Gasteiger partial charge in [0.05, 0.1) is 0 Å². The zero-order valence-electron chi connectivity index (χ0n) is 8.76. The second-order valence-electron chi connectivity index (χ2n) is 3.44. The smallest absolute Gasteiger partial charge is 0.330 e. The first kappa shape index (κ1) is 13.4. The van der Waals surface area contributed by atoms with Crippen LogP contribution in [0.15, 0.2) is 29.2 Å². The van der Waals surface area contributed by atoms with Gasteiger partial charge in [-0.05, 0) is 55.3 Å². The Hall–Kier alpha value is -0.680. The molecule has 0 bridgehead atoms. The number of nitrogens with two attached hydrogens (primary N) is 1. The Kier molecular flexibility index (Phi) is 5.15. The monoisotopic (exact) mass is 249 g/mol. The summed E-state index contributed by atoms with van der Waals surface area (Å²) in [5, 5.41) is 0. The Balaban J connectivity index is 2.57. The van der Waals surface area contributed by atoms with Crippen LogP contribution in [0.3, 0.4) is 0 Å². The average molecular weight is 249 g/mol. The molecule has 5 heteroatoms. The van der Waals surface area contributed by atoms with Gasteiger partial charge in [0.2, 0.25) is 0 Å². The van der Waals surface area contributed by atoms with E-state index < -0.39 is 5.51 Å². The van der Waals surface area contributed by atoms with Gasteiger partial charge in [0.15, 0.2) is 0 Å². The van der Waals surface area contributed by atoms with Gasteiger partial charge in [0.1, 0.15) is 0 Å². The van der Waals surface area contributed by atoms with Crippen LogP contribution in [0.1, 0.15) is 18.4 Å². The molecule has 0 saturated heterocycles. The molecular weight excluding hydrogens is 235 g/mol. The molecule has 1 nitrogen and oxygen atoms in total. The molecule has 1 rings (SSSR count). The number of benzene rings is 1. The zero-order chi connectivity index (χ0) is 12.0. The average Bonchev–Trinajstić information content (AvgIpc) is 2.16. The molecule has 0 unspecified atom stereocenters. The lowest BCUT2D eigenvalue weighted by Gasteiger charge is -2.07. The number of thioether (sulfide) groups is 1. The van der Waals surface area contributed by atoms with Gasteiger partial charge in [-0.2, -0.15) is 13.2 Å². The number of halogens is 3. The van der Waals surface area contributed by atoms with Crippen LogP contribution in [-0.4, -0.2) is 12.1 Å². The molecule has 0 atom stereocenters. The summed E-state index contributed by atoms with van der Waals surface area (Å²) >= 11 is -0.0706. The topological polar surface area (TPSA) is 26.0 Å². The lowest BCUT2D eigenvalue weighted by Crippen LogP contribution is -2.00. The first-order valence-corrected chi connectivity index (χ1v) is 5.87. The van der Waals surface area contributed by atoms with Gasteiger partial charge in [-0.1, -0.05) is 12.1 Å². The molecule has 0 aromatic heterocycles. The van der Waals surface area contributed by atoms with Crippen LogP contribution in [0.5, 0.6) is 0 Å². The molecule has 0 saturated carbocycles. The van der Waals surface area contributed by atoms with Gasteiger partial charge in [0.25, 0.3) is 0 Å². The molecule has 0 amide bonds. The minimum absolute atomic E-state index is 0.0706. The molecule has 2 N–H and O–H groups in total. The van der Waals surface area contributed by atoms with E-state index in [-0.39, 0.29) is 16.7 Å². The zero-order valence-corrected chi connectivity index (χ0v) is 9.57. The van der Waals surface area contributed by atoms with Crippen LogP contribution in [0, 0.1) is 0 Å². The summed E-state index contributed by atoms with van der Waals surface area (Å²) in [4.78, 5) is 0.248. The normalized spacial score (nSPS) is 11.8. The van der Waals surface area contributed by atoms with Crippen molar-refractivity contribution in [2.75, 3.05) is 6.54 Å². The van der Waals surface area contributed by atoms with E-state index in [4.69, 9.17) is 5.73 Å². The van der Waals surface area contributed by atoms with Crippen LogP contribution in [0.25, 0.3) is 0 Å². The van der Waals surface area contributed by atoms with Crippen molar-refractivity contribution in [3.05, 3.63) is 29.8 Å². The maximum Gasteiger partial charge on any atom is 0.446 e. The minimum Gasteiger partial charge on any atom is -0.330 e. The molecule has 90 valence electrons. The van der Waals surface area contributed by atoms with Crippen molar-refractivity contribution in [1.82, 2.24) is 0 Å². The second-order valence-corrected chi connectivity index (χ2v) is 4.58. The first-order chi connectivity index (χ1) is 7.51. The highest BCUT2D eigenvalue weighted by Gasteiger charge is 2.29. The van der Waals surface area contributed by atoms with E-state index in [1.807, 2.05) is 6.07 Å². The van der Waals surface area contributed by atoms with Crippen molar-refractivity contribution in [1.29, 1.82) is 0 Å². The van der Waals surface area contributed by atoms with Crippen LogP contribution in [0.2, 0.25) is 0 Å². The fourth-order valence-electron chi connectivity index (χ4n) is 1.37. The number of alkyl halides is 3. The molecule has 16 heavy (non-hydrogen) atoms. The Labute approximate surface area is 97.2 Å². The van der Waals surface area contributed by atoms with Crippen molar-refractivity contribution >= 4 is 11.8 Å². The fourth-order valence-corrected chi connectivity index (χ4v) is 2.00. The maximum absolute atomic E-state index is 12.1. The predicted octanol–water partition coefficient (Wildman–Crippen LogP) is 3.58. The highest BCUT2D eigenvalue weighted by Crippen LogP contribution is 2.36. The second kappa shape index (κ2) is 6.15. The highest BCUT2D eigenvalue weighted by atomic mass is 32.2. The standard InChI is InChI=1S/C11H14F3NS/c12-11(13,14)16-10-6-3-5-9(8-10)4-1-2-7-15/h3,5-6,8H,1-2,4,7,15H2. The quantitative estimate of drug-likeness (QED) is 0.637. The minimum atomic E-state index is -4.21. The largest absolute Gasteiger partial charge is 0.446 e. The van der Waals surface area contributed by atoms with Gasteiger partial charge < -0.3 is 5.73 Å². The summed E-state index contributed by atoms with van der Waals surface area (Å²) < 4.78 is 36.4. The van der Waals surface area contributed by atoms with Crippen LogP contribution < -0.4 is 5.73 Å². The van der Waals surface area contributed by atoms with Gasteiger partial charge in [0, 0.05) is 4.90 Å². The third kappa shape index (κ3) is 5.42. The predicted molar refractivity (Wildman–Crippen MR) is 60.3 cm³/mol. The Morgan fingerprint density at radius 1 is 1.19 bits per heavy atom. The van der Waals surface area contributed by atoms with Crippen molar-refractivity contribution in [2.45, 2.75) is 29.7 Å². The van der Waals surface area contributed by atoms with E-state index in [9.17, 15) is 13.2 Å². The van der Waals surface area contributed by atoms with Crippen molar-refractivity contribution in [2.24, 2.45) is 5.73 Å². The Bertz CT molecular complexity index is 325. The number of hydrogen-bond donors (Lipinski definition) is 1. The fraction of sp³-hybridized carbons (Fsp3) is 0.455. The van der Waals surface area contributed by atoms with E-state index in [0.29, 0.717) is 6.54 Å². The first-order valence-electron chi connectivity index (χ1n) is 5.06. The number of unbranched alkanes of at least 4 members (excludes halogenated alkanes) is 1. The maximum atomic E-state index is 12.1. The van der Waals surface area contributed by atoms with Crippen LogP contribution in [0.4, 0.5) is 13.2 Å². The van der Waals surface area contributed by atoms with Gasteiger partial charge in [-0.15, -0.1) is 0 Å². The molecule has 0 spiro atoms. The van der Waals surface area contributed by atoms with Crippen molar-refractivity contribution in [3.8, 4) is 0 Å². The molecule has 0 aliphatic heterocycles. The molecule has 0 radical (unpaired) electrons. The lowest BCUT2D eigenvalue weighted by molar-refractivity contribution is -0.0328. The van der Waals surface area contributed by atoms with Crippen LogP contribution >= 0.6 is 11.8 Å². The molecule has 0 fully saturated rings.